The van der Waals surface area contributed by atoms with Gasteiger partial charge in [0, 0.05) is 28.3 Å². The van der Waals surface area contributed by atoms with Crippen LogP contribution in [0.2, 0.25) is 0 Å². The SMILES string of the molecule is C#Cc1cccc2c1CC(C)(C)N=C2c1cnc2c(F)c(F)ccc2c1. The fraction of sp³-hybridized carbons (Fsp3) is 0.182. The van der Waals surface area contributed by atoms with Crippen LogP contribution in [-0.4, -0.2) is 16.2 Å². The van der Waals surface area contributed by atoms with Crippen LogP contribution in [0, 0.1) is 24.0 Å². The molecule has 0 atom stereocenters. The van der Waals surface area contributed by atoms with E-state index in [4.69, 9.17) is 11.4 Å². The Morgan fingerprint density at radius 1 is 1.15 bits per heavy atom. The lowest BCUT2D eigenvalue weighted by Gasteiger charge is -2.30. The van der Waals surface area contributed by atoms with Crippen molar-refractivity contribution in [1.29, 1.82) is 0 Å². The molecule has 128 valence electrons. The minimum Gasteiger partial charge on any atom is -0.278 e. The molecule has 2 aromatic carbocycles. The maximum Gasteiger partial charge on any atom is 0.184 e. The van der Waals surface area contributed by atoms with Gasteiger partial charge in [-0.05, 0) is 50.1 Å². The Bertz CT molecular complexity index is 1120. The fourth-order valence-corrected chi connectivity index (χ4v) is 3.46. The summed E-state index contributed by atoms with van der Waals surface area (Å²) < 4.78 is 27.4. The molecule has 0 saturated heterocycles. The van der Waals surface area contributed by atoms with Gasteiger partial charge < -0.3 is 0 Å². The second kappa shape index (κ2) is 5.74. The van der Waals surface area contributed by atoms with Gasteiger partial charge in [-0.3, -0.25) is 9.98 Å². The fourth-order valence-electron chi connectivity index (χ4n) is 3.46. The number of aliphatic imine (C=N–C) groups is 1. The highest BCUT2D eigenvalue weighted by atomic mass is 19.2. The number of nitrogens with zero attached hydrogens (tertiary/aromatic N) is 2. The molecule has 1 aliphatic rings. The molecule has 4 heteroatoms. The minimum absolute atomic E-state index is 0.0158. The van der Waals surface area contributed by atoms with Crippen molar-refractivity contribution >= 4 is 16.6 Å². The zero-order valence-electron chi connectivity index (χ0n) is 14.5. The summed E-state index contributed by atoms with van der Waals surface area (Å²) in [5.74, 6) is 0.906. The molecule has 0 aliphatic carbocycles. The highest BCUT2D eigenvalue weighted by Crippen LogP contribution is 2.32. The van der Waals surface area contributed by atoms with Crippen molar-refractivity contribution in [3.05, 3.63) is 76.5 Å². The topological polar surface area (TPSA) is 25.2 Å². The Balaban J connectivity index is 1.95. The first-order chi connectivity index (χ1) is 12.4. The average Bonchev–Trinajstić information content (AvgIpc) is 2.62. The van der Waals surface area contributed by atoms with Crippen LogP contribution in [-0.2, 0) is 6.42 Å². The van der Waals surface area contributed by atoms with Crippen molar-refractivity contribution in [2.24, 2.45) is 4.99 Å². The summed E-state index contributed by atoms with van der Waals surface area (Å²) in [5, 5.41) is 0.530. The summed E-state index contributed by atoms with van der Waals surface area (Å²) in [5.41, 5.74) is 4.11. The molecule has 0 radical (unpaired) electrons. The molecule has 0 bridgehead atoms. The van der Waals surface area contributed by atoms with Crippen molar-refractivity contribution < 1.29 is 8.78 Å². The lowest BCUT2D eigenvalue weighted by molar-refractivity contribution is 0.513. The van der Waals surface area contributed by atoms with E-state index < -0.39 is 11.6 Å². The number of benzene rings is 2. The number of hydrogen-bond acceptors (Lipinski definition) is 2. The summed E-state index contributed by atoms with van der Waals surface area (Å²) in [6.07, 6.45) is 7.95. The van der Waals surface area contributed by atoms with E-state index in [9.17, 15) is 8.78 Å². The van der Waals surface area contributed by atoms with E-state index in [1.165, 1.54) is 12.3 Å². The quantitative estimate of drug-likeness (QED) is 0.588. The molecule has 2 heterocycles. The third kappa shape index (κ3) is 2.57. The Morgan fingerprint density at radius 3 is 2.73 bits per heavy atom. The highest BCUT2D eigenvalue weighted by molar-refractivity contribution is 6.15. The summed E-state index contributed by atoms with van der Waals surface area (Å²) in [4.78, 5) is 9.03. The van der Waals surface area contributed by atoms with Crippen LogP contribution in [0.1, 0.15) is 36.1 Å². The number of fused-ring (bicyclic) bond motifs is 2. The summed E-state index contributed by atoms with van der Waals surface area (Å²) in [7, 11) is 0. The van der Waals surface area contributed by atoms with Crippen molar-refractivity contribution in [3.8, 4) is 12.3 Å². The van der Waals surface area contributed by atoms with Crippen LogP contribution in [0.15, 0.2) is 47.6 Å². The van der Waals surface area contributed by atoms with Crippen molar-refractivity contribution in [3.63, 3.8) is 0 Å². The number of rotatable bonds is 1. The standard InChI is InChI=1S/C22H16F2N2/c1-4-13-6-5-7-16-17(13)11-22(2,3)26-20(16)15-10-14-8-9-18(23)19(24)21(14)25-12-15/h1,5-10,12H,11H2,2-3H3. The molecule has 1 aromatic heterocycles. The van der Waals surface area contributed by atoms with Gasteiger partial charge in [0.05, 0.1) is 11.3 Å². The largest absolute Gasteiger partial charge is 0.278 e. The third-order valence-corrected chi connectivity index (χ3v) is 4.63. The Hall–Kier alpha value is -3.06. The van der Waals surface area contributed by atoms with Crippen LogP contribution in [0.5, 0.6) is 0 Å². The van der Waals surface area contributed by atoms with Crippen molar-refractivity contribution in [1.82, 2.24) is 4.98 Å². The van der Waals surface area contributed by atoms with Crippen LogP contribution in [0.25, 0.3) is 10.9 Å². The first-order valence-corrected chi connectivity index (χ1v) is 8.32. The molecule has 0 unspecified atom stereocenters. The maximum absolute atomic E-state index is 13.9. The highest BCUT2D eigenvalue weighted by Gasteiger charge is 2.29. The molecule has 0 N–H and O–H groups in total. The van der Waals surface area contributed by atoms with E-state index in [0.29, 0.717) is 5.39 Å². The van der Waals surface area contributed by atoms with Crippen LogP contribution in [0.4, 0.5) is 8.78 Å². The van der Waals surface area contributed by atoms with Crippen molar-refractivity contribution in [2.75, 3.05) is 0 Å². The summed E-state index contributed by atoms with van der Waals surface area (Å²) >= 11 is 0. The Kier molecular flexibility index (Phi) is 3.62. The molecule has 0 amide bonds. The van der Waals surface area contributed by atoms with Crippen LogP contribution in [0.3, 0.4) is 0 Å². The molecule has 3 aromatic rings. The second-order valence-electron chi connectivity index (χ2n) is 7.08. The molecule has 2 nitrogen and oxygen atoms in total. The third-order valence-electron chi connectivity index (χ3n) is 4.63. The van der Waals surface area contributed by atoms with Gasteiger partial charge in [0.15, 0.2) is 11.6 Å². The number of halogens is 2. The number of aromatic nitrogens is 1. The van der Waals surface area contributed by atoms with E-state index in [1.807, 2.05) is 32.0 Å². The molecule has 26 heavy (non-hydrogen) atoms. The molecule has 4 rings (SSSR count). The Morgan fingerprint density at radius 2 is 1.96 bits per heavy atom. The summed E-state index contributed by atoms with van der Waals surface area (Å²) in [6, 6.07) is 10.2. The van der Waals surface area contributed by atoms with E-state index in [0.717, 1.165) is 40.5 Å². The van der Waals surface area contributed by atoms with Gasteiger partial charge in [0.2, 0.25) is 0 Å². The molecular formula is C22H16F2N2. The minimum atomic E-state index is -0.935. The monoisotopic (exact) mass is 346 g/mol. The van der Waals surface area contributed by atoms with Gasteiger partial charge in [0.25, 0.3) is 0 Å². The predicted molar refractivity (Wildman–Crippen MR) is 99.5 cm³/mol. The van der Waals surface area contributed by atoms with Gasteiger partial charge in [-0.25, -0.2) is 8.78 Å². The van der Waals surface area contributed by atoms with E-state index in [1.54, 1.807) is 6.07 Å². The predicted octanol–water partition coefficient (Wildman–Crippen LogP) is 4.67. The zero-order chi connectivity index (χ0) is 18.5. The van der Waals surface area contributed by atoms with Gasteiger partial charge in [-0.15, -0.1) is 6.42 Å². The smallest absolute Gasteiger partial charge is 0.184 e. The zero-order valence-corrected chi connectivity index (χ0v) is 14.5. The molecule has 1 aliphatic heterocycles. The number of terminal acetylenes is 1. The Labute approximate surface area is 150 Å². The van der Waals surface area contributed by atoms with Gasteiger partial charge in [-0.1, -0.05) is 18.1 Å². The van der Waals surface area contributed by atoms with E-state index in [2.05, 4.69) is 10.9 Å². The first-order valence-electron chi connectivity index (χ1n) is 8.32. The lowest BCUT2D eigenvalue weighted by atomic mass is 9.83. The average molecular weight is 346 g/mol. The number of hydrogen-bond donors (Lipinski definition) is 0. The van der Waals surface area contributed by atoms with E-state index in [-0.39, 0.29) is 11.1 Å². The number of pyridine rings is 1. The lowest BCUT2D eigenvalue weighted by Crippen LogP contribution is -2.30. The summed E-state index contributed by atoms with van der Waals surface area (Å²) in [6.45, 7) is 4.10. The molecule has 0 fully saturated rings. The van der Waals surface area contributed by atoms with E-state index >= 15 is 0 Å². The van der Waals surface area contributed by atoms with Crippen LogP contribution < -0.4 is 0 Å². The normalized spacial score (nSPS) is 15.3. The second-order valence-corrected chi connectivity index (χ2v) is 7.08. The van der Waals surface area contributed by atoms with Crippen molar-refractivity contribution in [2.45, 2.75) is 25.8 Å². The van der Waals surface area contributed by atoms with Gasteiger partial charge in [0.1, 0.15) is 5.52 Å². The molecule has 0 spiro atoms. The maximum atomic E-state index is 13.9. The van der Waals surface area contributed by atoms with Crippen LogP contribution >= 0.6 is 0 Å². The van der Waals surface area contributed by atoms with Gasteiger partial charge in [-0.2, -0.15) is 0 Å². The first kappa shape index (κ1) is 16.4. The van der Waals surface area contributed by atoms with Gasteiger partial charge >= 0.3 is 0 Å². The molecule has 0 saturated carbocycles. The molecular weight excluding hydrogens is 330 g/mol.